The fourth-order valence-electron chi connectivity index (χ4n) is 6.00. The first-order valence-corrected chi connectivity index (χ1v) is 13.1. The quantitative estimate of drug-likeness (QED) is 0.399. The Balaban J connectivity index is 1.15. The van der Waals surface area contributed by atoms with Crippen LogP contribution >= 0.6 is 0 Å². The lowest BCUT2D eigenvalue weighted by atomic mass is 9.83. The number of hydrogen-bond donors (Lipinski definition) is 1. The molecule has 2 aliphatic rings. The zero-order chi connectivity index (χ0) is 28.7. The number of H-pyrrole nitrogens is 1. The molecular weight excluding hydrogens is 528 g/mol. The van der Waals surface area contributed by atoms with Gasteiger partial charge in [0.15, 0.2) is 0 Å². The highest BCUT2D eigenvalue weighted by atomic mass is 19.1. The Morgan fingerprint density at radius 3 is 2.49 bits per heavy atom. The first kappa shape index (κ1) is 26.1. The summed E-state index contributed by atoms with van der Waals surface area (Å²) in [6.45, 7) is 1.84. The van der Waals surface area contributed by atoms with Crippen molar-refractivity contribution in [1.29, 1.82) is 15.8 Å². The van der Waals surface area contributed by atoms with Crippen molar-refractivity contribution in [3.8, 4) is 29.3 Å². The molecule has 0 radical (unpaired) electrons. The molecule has 0 bridgehead atoms. The number of pyridine rings is 1. The highest BCUT2D eigenvalue weighted by molar-refractivity contribution is 5.96. The van der Waals surface area contributed by atoms with Gasteiger partial charge in [0.1, 0.15) is 34.5 Å². The molecule has 2 saturated heterocycles. The third-order valence-corrected chi connectivity index (χ3v) is 8.12. The Kier molecular flexibility index (Phi) is 6.45. The van der Waals surface area contributed by atoms with Crippen molar-refractivity contribution in [2.24, 2.45) is 0 Å². The van der Waals surface area contributed by atoms with Gasteiger partial charge in [0.05, 0.1) is 35.9 Å². The summed E-state index contributed by atoms with van der Waals surface area (Å²) in [6, 6.07) is 9.92. The zero-order valence-corrected chi connectivity index (χ0v) is 21.8. The normalized spacial score (nSPS) is 17.0. The van der Waals surface area contributed by atoms with E-state index in [2.05, 4.69) is 32.1 Å². The van der Waals surface area contributed by atoms with Gasteiger partial charge in [-0.2, -0.15) is 20.9 Å². The van der Waals surface area contributed by atoms with Gasteiger partial charge in [-0.15, -0.1) is 0 Å². The smallest absolute Gasteiger partial charge is 0.259 e. The molecule has 10 nitrogen and oxygen atoms in total. The fourth-order valence-corrected chi connectivity index (χ4v) is 6.00. The summed E-state index contributed by atoms with van der Waals surface area (Å²) >= 11 is 0. The van der Waals surface area contributed by atoms with E-state index in [0.29, 0.717) is 50.2 Å². The molecule has 2 fully saturated rings. The highest BCUT2D eigenvalue weighted by Crippen LogP contribution is 2.38. The average Bonchev–Trinajstić information content (AvgIpc) is 3.64. The van der Waals surface area contributed by atoms with Gasteiger partial charge in [0.25, 0.3) is 5.91 Å². The Hall–Kier alpha value is -5.12. The minimum absolute atomic E-state index is 0.140. The van der Waals surface area contributed by atoms with E-state index in [-0.39, 0.29) is 18.0 Å². The van der Waals surface area contributed by atoms with E-state index < -0.39 is 28.6 Å². The molecule has 3 aromatic heterocycles. The number of aromatic nitrogens is 4. The van der Waals surface area contributed by atoms with Gasteiger partial charge in [-0.3, -0.25) is 14.4 Å². The molecule has 2 aliphatic heterocycles. The molecule has 1 aromatic carbocycles. The monoisotopic (exact) mass is 551 g/mol. The number of fused-ring (bicyclic) bond motifs is 1. The molecule has 0 saturated carbocycles. The minimum atomic E-state index is -1.04. The fraction of sp³-hybridized carbons (Fsp3) is 0.310. The number of nitriles is 3. The molecule has 12 heteroatoms. The number of nitrogens with one attached hydrogen (secondary N) is 1. The maximum Gasteiger partial charge on any atom is 0.259 e. The second kappa shape index (κ2) is 10.1. The third-order valence-electron chi connectivity index (χ3n) is 8.12. The molecule has 4 aromatic rings. The molecule has 41 heavy (non-hydrogen) atoms. The standard InChI is InChI=1S/C29H23F2N9O/c30-23-9-18(11-33)10-24(31)26(23)28(41)38-7-2-21(3-8-38)39-16-29(17-39,4-5-32)40-15-20(14-37-40)25-19(12-34)13-36-27-22(25)1-6-35-27/h1,6,9-10,13-15,21H,2-4,7-8,16-17H2,(H,35,36). The molecule has 5 heterocycles. The SMILES string of the molecule is N#CCC1(n2cc(-c3c(C#N)cnc4[nH]ccc34)cn2)CN(C2CCN(C(=O)c3c(F)cc(C#N)cc3F)CC2)C1. The van der Waals surface area contributed by atoms with E-state index in [1.165, 1.54) is 11.1 Å². The number of aromatic amines is 1. The summed E-state index contributed by atoms with van der Waals surface area (Å²) in [6.07, 6.45) is 8.36. The van der Waals surface area contributed by atoms with Crippen molar-refractivity contribution in [2.75, 3.05) is 26.2 Å². The van der Waals surface area contributed by atoms with Crippen molar-refractivity contribution in [3.05, 3.63) is 71.3 Å². The molecule has 0 spiro atoms. The van der Waals surface area contributed by atoms with Crippen LogP contribution in [-0.4, -0.2) is 67.7 Å². The van der Waals surface area contributed by atoms with E-state index in [1.807, 2.05) is 16.9 Å². The van der Waals surface area contributed by atoms with Gasteiger partial charge < -0.3 is 9.88 Å². The first-order chi connectivity index (χ1) is 19.9. The molecule has 1 amide bonds. The largest absolute Gasteiger partial charge is 0.346 e. The number of carbonyl (C=O) groups excluding carboxylic acids is 1. The number of amides is 1. The van der Waals surface area contributed by atoms with E-state index in [0.717, 1.165) is 28.6 Å². The maximum atomic E-state index is 14.4. The average molecular weight is 552 g/mol. The Morgan fingerprint density at radius 2 is 1.83 bits per heavy atom. The number of carbonyl (C=O) groups is 1. The van der Waals surface area contributed by atoms with E-state index in [9.17, 15) is 24.1 Å². The Labute approximate surface area is 233 Å². The summed E-state index contributed by atoms with van der Waals surface area (Å²) in [5.74, 6) is -2.80. The molecule has 204 valence electrons. The van der Waals surface area contributed by atoms with Crippen molar-refractivity contribution < 1.29 is 13.6 Å². The van der Waals surface area contributed by atoms with Gasteiger partial charge in [0, 0.05) is 67.3 Å². The minimum Gasteiger partial charge on any atom is -0.346 e. The first-order valence-electron chi connectivity index (χ1n) is 13.1. The summed E-state index contributed by atoms with van der Waals surface area (Å²) in [4.78, 5) is 23.9. The topological polar surface area (TPSA) is 141 Å². The number of likely N-dealkylation sites (tertiary alicyclic amines) is 2. The van der Waals surface area contributed by atoms with Crippen molar-refractivity contribution >= 4 is 16.9 Å². The van der Waals surface area contributed by atoms with Crippen LogP contribution in [0.1, 0.15) is 40.7 Å². The van der Waals surface area contributed by atoms with Crippen molar-refractivity contribution in [2.45, 2.75) is 30.8 Å². The Bertz CT molecular complexity index is 1770. The lowest BCUT2D eigenvalue weighted by molar-refractivity contribution is -0.0412. The van der Waals surface area contributed by atoms with Gasteiger partial charge in [0.2, 0.25) is 0 Å². The number of nitrogens with zero attached hydrogens (tertiary/aromatic N) is 8. The van der Waals surface area contributed by atoms with Crippen LogP contribution in [0.3, 0.4) is 0 Å². The predicted octanol–water partition coefficient (Wildman–Crippen LogP) is 3.68. The second-order valence-electron chi connectivity index (χ2n) is 10.5. The van der Waals surface area contributed by atoms with Crippen LogP contribution < -0.4 is 0 Å². The molecule has 6 rings (SSSR count). The third kappa shape index (κ3) is 4.37. The van der Waals surface area contributed by atoms with E-state index in [4.69, 9.17) is 5.26 Å². The number of rotatable bonds is 5. The van der Waals surface area contributed by atoms with Crippen LogP contribution in [0.4, 0.5) is 8.78 Å². The van der Waals surface area contributed by atoms with Gasteiger partial charge in [-0.1, -0.05) is 0 Å². The summed E-state index contributed by atoms with van der Waals surface area (Å²) in [5, 5.41) is 33.6. The number of piperidine rings is 1. The van der Waals surface area contributed by atoms with Crippen LogP contribution in [0, 0.1) is 45.6 Å². The van der Waals surface area contributed by atoms with Crippen LogP contribution in [0.5, 0.6) is 0 Å². The second-order valence-corrected chi connectivity index (χ2v) is 10.5. The highest BCUT2D eigenvalue weighted by Gasteiger charge is 2.48. The van der Waals surface area contributed by atoms with E-state index >= 15 is 0 Å². The van der Waals surface area contributed by atoms with Crippen LogP contribution in [0.25, 0.3) is 22.2 Å². The number of benzene rings is 1. The van der Waals surface area contributed by atoms with Gasteiger partial charge >= 0.3 is 0 Å². The number of hydrogen-bond acceptors (Lipinski definition) is 7. The lowest BCUT2D eigenvalue weighted by Crippen LogP contribution is -2.66. The molecule has 0 unspecified atom stereocenters. The summed E-state index contributed by atoms with van der Waals surface area (Å²) < 4.78 is 30.6. The molecule has 1 N–H and O–H groups in total. The van der Waals surface area contributed by atoms with Crippen LogP contribution in [0.2, 0.25) is 0 Å². The zero-order valence-electron chi connectivity index (χ0n) is 21.8. The molecular formula is C29H23F2N9O. The van der Waals surface area contributed by atoms with Gasteiger partial charge in [-0.25, -0.2) is 13.8 Å². The van der Waals surface area contributed by atoms with Gasteiger partial charge in [-0.05, 0) is 31.0 Å². The predicted molar refractivity (Wildman–Crippen MR) is 142 cm³/mol. The summed E-state index contributed by atoms with van der Waals surface area (Å²) in [7, 11) is 0. The number of halogens is 2. The summed E-state index contributed by atoms with van der Waals surface area (Å²) in [5.41, 5.74) is 1.25. The maximum absolute atomic E-state index is 14.4. The van der Waals surface area contributed by atoms with Crippen LogP contribution in [-0.2, 0) is 5.54 Å². The molecule has 0 atom stereocenters. The van der Waals surface area contributed by atoms with Crippen molar-refractivity contribution in [1.82, 2.24) is 29.5 Å². The van der Waals surface area contributed by atoms with Crippen molar-refractivity contribution in [3.63, 3.8) is 0 Å². The molecule has 0 aliphatic carbocycles. The Morgan fingerprint density at radius 1 is 1.10 bits per heavy atom. The van der Waals surface area contributed by atoms with E-state index in [1.54, 1.807) is 18.5 Å². The lowest BCUT2D eigenvalue weighted by Gasteiger charge is -2.53. The van der Waals surface area contributed by atoms with Crippen LogP contribution in [0.15, 0.2) is 43.0 Å².